The molecule has 0 atom stereocenters. The van der Waals surface area contributed by atoms with Gasteiger partial charge in [-0.15, -0.1) is 0 Å². The van der Waals surface area contributed by atoms with Crippen LogP contribution in [-0.4, -0.2) is 15.9 Å². The van der Waals surface area contributed by atoms with Crippen LogP contribution >= 0.6 is 0 Å². The molecule has 0 saturated heterocycles. The number of hydrogen-bond acceptors (Lipinski definition) is 1. The molecule has 6 aromatic carbocycles. The van der Waals surface area contributed by atoms with Gasteiger partial charge in [0.25, 0.3) is 5.91 Å². The lowest BCUT2D eigenvalue weighted by Gasteiger charge is -2.20. The summed E-state index contributed by atoms with van der Waals surface area (Å²) in [7, 11) is 0. The number of anilines is 1. The first-order valence-corrected chi connectivity index (χ1v) is 16.0. The molecule has 0 unspecified atom stereocenters. The Morgan fingerprint density at radius 3 is 1.70 bits per heavy atom. The second kappa shape index (κ2) is 12.3. The van der Waals surface area contributed by atoms with Crippen LogP contribution in [-0.2, 0) is 6.42 Å². The highest BCUT2D eigenvalue weighted by Crippen LogP contribution is 2.45. The van der Waals surface area contributed by atoms with Crippen LogP contribution < -0.4 is 5.32 Å². The van der Waals surface area contributed by atoms with E-state index in [9.17, 15) is 4.79 Å². The van der Waals surface area contributed by atoms with E-state index in [2.05, 4.69) is 131 Å². The average Bonchev–Trinajstić information content (AvgIpc) is 3.67. The number of aromatic nitrogens is 2. The Bertz CT molecular complexity index is 2280. The third-order valence-electron chi connectivity index (χ3n) is 8.99. The molecule has 0 aliphatic carbocycles. The minimum Gasteiger partial charge on any atom is -0.358 e. The van der Waals surface area contributed by atoms with Gasteiger partial charge in [0, 0.05) is 67.9 Å². The first kappa shape index (κ1) is 28.4. The van der Waals surface area contributed by atoms with Gasteiger partial charge in [-0.1, -0.05) is 133 Å². The number of nitrogens with one attached hydrogen (secondary N) is 3. The third kappa shape index (κ3) is 5.40. The fourth-order valence-corrected chi connectivity index (χ4v) is 6.85. The molecule has 0 saturated carbocycles. The van der Waals surface area contributed by atoms with E-state index >= 15 is 0 Å². The first-order valence-electron chi connectivity index (χ1n) is 16.0. The predicted molar refractivity (Wildman–Crippen MR) is 193 cm³/mol. The fourth-order valence-electron chi connectivity index (χ4n) is 6.85. The lowest BCUT2D eigenvalue weighted by molar-refractivity contribution is 0.102. The number of benzene rings is 6. The number of hydrogen-bond donors (Lipinski definition) is 3. The number of aromatic amines is 2. The van der Waals surface area contributed by atoms with Gasteiger partial charge < -0.3 is 15.3 Å². The highest BCUT2D eigenvalue weighted by Gasteiger charge is 2.28. The van der Waals surface area contributed by atoms with Crippen LogP contribution in [0.4, 0.5) is 5.69 Å². The number of H-pyrrole nitrogens is 2. The molecule has 4 nitrogen and oxygen atoms in total. The maximum atomic E-state index is 13.2. The SMILES string of the molecule is O=C(Nc1ccccc1Cc1[nH]c2ccccc2c1-c1c(C(c2ccccc2)c2ccccc2)[nH]c2ccccc12)c1ccccc1. The van der Waals surface area contributed by atoms with Crippen LogP contribution in [0.25, 0.3) is 32.9 Å². The van der Waals surface area contributed by atoms with E-state index in [4.69, 9.17) is 0 Å². The summed E-state index contributed by atoms with van der Waals surface area (Å²) >= 11 is 0. The van der Waals surface area contributed by atoms with E-state index in [1.807, 2.05) is 48.5 Å². The molecule has 2 heterocycles. The molecule has 0 fully saturated rings. The summed E-state index contributed by atoms with van der Waals surface area (Å²) in [4.78, 5) is 20.9. The van der Waals surface area contributed by atoms with Crippen LogP contribution in [0, 0.1) is 0 Å². The number of carbonyl (C=O) groups is 1. The summed E-state index contributed by atoms with van der Waals surface area (Å²) in [6.45, 7) is 0. The fraction of sp³-hybridized carbons (Fsp3) is 0.0465. The van der Waals surface area contributed by atoms with Gasteiger partial charge >= 0.3 is 0 Å². The van der Waals surface area contributed by atoms with Crippen LogP contribution in [0.1, 0.15) is 44.4 Å². The molecule has 8 rings (SSSR count). The molecule has 2 aromatic heterocycles. The van der Waals surface area contributed by atoms with E-state index in [0.717, 1.165) is 33.7 Å². The summed E-state index contributed by atoms with van der Waals surface area (Å²) in [5, 5.41) is 5.52. The van der Waals surface area contributed by atoms with Crippen molar-refractivity contribution in [2.24, 2.45) is 0 Å². The zero-order valence-corrected chi connectivity index (χ0v) is 25.8. The van der Waals surface area contributed by atoms with E-state index in [1.165, 1.54) is 33.0 Å². The molecule has 8 aromatic rings. The van der Waals surface area contributed by atoms with Crippen molar-refractivity contribution >= 4 is 33.4 Å². The molecule has 3 N–H and O–H groups in total. The second-order valence-electron chi connectivity index (χ2n) is 11.9. The summed E-state index contributed by atoms with van der Waals surface area (Å²) in [5.74, 6) is -0.138. The number of carbonyl (C=O) groups excluding carboxylic acids is 1. The normalized spacial score (nSPS) is 11.3. The Morgan fingerprint density at radius 1 is 0.532 bits per heavy atom. The van der Waals surface area contributed by atoms with E-state index in [0.29, 0.717) is 12.0 Å². The predicted octanol–water partition coefficient (Wildman–Crippen LogP) is 10.3. The molecule has 0 bridgehead atoms. The molecule has 226 valence electrons. The standard InChI is InChI=1S/C43H33N3O/c47-43(31-20-8-3-9-21-31)46-35-25-13-10-22-32(35)28-38-40(33-23-11-14-26-36(33)44-38)41-34-24-12-15-27-37(34)45-42(41)39(29-16-4-1-5-17-29)30-18-6-2-7-19-30/h1-27,39,44-45H,28H2,(H,46,47). The first-order chi connectivity index (χ1) is 23.2. The van der Waals surface area contributed by atoms with Crippen LogP contribution in [0.3, 0.4) is 0 Å². The smallest absolute Gasteiger partial charge is 0.255 e. The number of fused-ring (bicyclic) bond motifs is 2. The van der Waals surface area contributed by atoms with Crippen LogP contribution in [0.2, 0.25) is 0 Å². The monoisotopic (exact) mass is 607 g/mol. The largest absolute Gasteiger partial charge is 0.358 e. The average molecular weight is 608 g/mol. The van der Waals surface area contributed by atoms with Crippen molar-refractivity contribution < 1.29 is 4.79 Å². The van der Waals surface area contributed by atoms with Gasteiger partial charge in [-0.25, -0.2) is 0 Å². The van der Waals surface area contributed by atoms with Gasteiger partial charge in [-0.2, -0.15) is 0 Å². The lowest BCUT2D eigenvalue weighted by atomic mass is 9.84. The van der Waals surface area contributed by atoms with Gasteiger partial charge in [-0.3, -0.25) is 4.79 Å². The van der Waals surface area contributed by atoms with Crippen LogP contribution in [0.5, 0.6) is 0 Å². The van der Waals surface area contributed by atoms with E-state index in [1.54, 1.807) is 0 Å². The number of amides is 1. The molecule has 0 aliphatic heterocycles. The summed E-state index contributed by atoms with van der Waals surface area (Å²) < 4.78 is 0. The van der Waals surface area contributed by atoms with Crippen molar-refractivity contribution in [1.82, 2.24) is 9.97 Å². The minimum atomic E-state index is -0.123. The topological polar surface area (TPSA) is 60.7 Å². The Morgan fingerprint density at radius 2 is 1.04 bits per heavy atom. The molecular weight excluding hydrogens is 574 g/mol. The van der Waals surface area contributed by atoms with Gasteiger partial charge in [0.2, 0.25) is 0 Å². The van der Waals surface area contributed by atoms with E-state index < -0.39 is 0 Å². The van der Waals surface area contributed by atoms with Crippen molar-refractivity contribution in [3.05, 3.63) is 197 Å². The summed E-state index contributed by atoms with van der Waals surface area (Å²) in [6.07, 6.45) is 0.607. The highest BCUT2D eigenvalue weighted by molar-refractivity contribution is 6.08. The molecule has 4 heteroatoms. The second-order valence-corrected chi connectivity index (χ2v) is 11.9. The summed E-state index contributed by atoms with van der Waals surface area (Å²) in [6, 6.07) is 56.1. The van der Waals surface area contributed by atoms with Crippen molar-refractivity contribution in [3.63, 3.8) is 0 Å². The zero-order valence-electron chi connectivity index (χ0n) is 25.8. The molecule has 0 aliphatic rings. The number of para-hydroxylation sites is 3. The Kier molecular flexibility index (Phi) is 7.44. The summed E-state index contributed by atoms with van der Waals surface area (Å²) in [5.41, 5.74) is 11.7. The van der Waals surface area contributed by atoms with Crippen LogP contribution in [0.15, 0.2) is 164 Å². The maximum Gasteiger partial charge on any atom is 0.255 e. The van der Waals surface area contributed by atoms with E-state index in [-0.39, 0.29) is 11.8 Å². The van der Waals surface area contributed by atoms with Gasteiger partial charge in [-0.05, 0) is 47.0 Å². The Balaban J connectivity index is 1.33. The highest BCUT2D eigenvalue weighted by atomic mass is 16.1. The van der Waals surface area contributed by atoms with Gasteiger partial charge in [0.05, 0.1) is 0 Å². The maximum absolute atomic E-state index is 13.2. The van der Waals surface area contributed by atoms with Gasteiger partial charge in [0.15, 0.2) is 0 Å². The molecular formula is C43H33N3O. The molecule has 0 radical (unpaired) electrons. The van der Waals surface area contributed by atoms with Gasteiger partial charge in [0.1, 0.15) is 0 Å². The minimum absolute atomic E-state index is 0.0150. The van der Waals surface area contributed by atoms with Crippen molar-refractivity contribution in [2.45, 2.75) is 12.3 Å². The van der Waals surface area contributed by atoms with Crippen molar-refractivity contribution in [2.75, 3.05) is 5.32 Å². The van der Waals surface area contributed by atoms with Crippen molar-refractivity contribution in [1.29, 1.82) is 0 Å². The molecule has 0 spiro atoms. The third-order valence-corrected chi connectivity index (χ3v) is 8.99. The lowest BCUT2D eigenvalue weighted by Crippen LogP contribution is -2.13. The van der Waals surface area contributed by atoms with Crippen molar-refractivity contribution in [3.8, 4) is 11.1 Å². The Labute approximate surface area is 273 Å². The molecule has 47 heavy (non-hydrogen) atoms. The molecule has 1 amide bonds. The zero-order chi connectivity index (χ0) is 31.6. The number of rotatable bonds is 8. The quantitative estimate of drug-likeness (QED) is 0.158. The Hall–Kier alpha value is -6.13.